The molecule has 6 rings (SSSR count). The maximum atomic E-state index is 14.1. The number of anilines is 1. The average molecular weight is 793 g/mol. The molecule has 1 aliphatic heterocycles. The van der Waals surface area contributed by atoms with E-state index < -0.39 is 27.4 Å². The van der Waals surface area contributed by atoms with Gasteiger partial charge in [0.2, 0.25) is 10.0 Å². The molecule has 0 atom stereocenters. The zero-order chi connectivity index (χ0) is 38.9. The summed E-state index contributed by atoms with van der Waals surface area (Å²) < 4.78 is 54.7. The molecule has 12 nitrogen and oxygen atoms in total. The van der Waals surface area contributed by atoms with Crippen LogP contribution in [0.25, 0.3) is 32.2 Å². The summed E-state index contributed by atoms with van der Waals surface area (Å²) in [4.78, 5) is 44.0. The smallest absolute Gasteiger partial charge is 0.267 e. The van der Waals surface area contributed by atoms with Gasteiger partial charge in [0.05, 0.1) is 52.2 Å². The number of nitrogens with one attached hydrogen (secondary N) is 1. The standard InChI is InChI=1S/C37H35ClF2N8O4S2/c1-5-47(25-11-15-46(16-12-25)21-37(3,39)40)34-28(18-41)31-30(19-43-34)44-22(2)48(36(31)50)14-6-7-23-8-9-24(38)17-27(23)26-10-13-42-32-29(20-53-33(26)32)35(49)45-54(4,51)52/h8-10,13,17,19-20,25H,5,11-12,14-16,21H2,1-4H3,(H,45,49). The SMILES string of the molecule is CCN(c1ncc2nc(C)n(CC#Cc3ccc(Cl)cc3-c3ccnc4c(C(=O)NS(C)(=O)=O)csc34)c(=O)c2c1C#N)C1CCN(CC(C)(F)F)CC1. The summed E-state index contributed by atoms with van der Waals surface area (Å²) in [5, 5.41) is 12.5. The first-order valence-corrected chi connectivity index (χ1v) is 20.1. The topological polar surface area (TPSA) is 154 Å². The van der Waals surface area contributed by atoms with Gasteiger partial charge in [0, 0.05) is 65.9 Å². The Balaban J connectivity index is 1.33. The number of likely N-dealkylation sites (tertiary alicyclic amines) is 1. The fourth-order valence-corrected chi connectivity index (χ4v) is 8.43. The number of hydrogen-bond acceptors (Lipinski definition) is 11. The molecule has 0 unspecified atom stereocenters. The van der Waals surface area contributed by atoms with E-state index >= 15 is 0 Å². The second-order valence-corrected chi connectivity index (χ2v) is 16.2. The Hall–Kier alpha value is -5.00. The van der Waals surface area contributed by atoms with E-state index in [9.17, 15) is 32.0 Å². The Morgan fingerprint density at radius 1 is 1.20 bits per heavy atom. The van der Waals surface area contributed by atoms with Gasteiger partial charge in [-0.2, -0.15) is 5.26 Å². The fraction of sp³-hybridized carbons (Fsp3) is 0.351. The van der Waals surface area contributed by atoms with Crippen LogP contribution in [0.1, 0.15) is 54.0 Å². The summed E-state index contributed by atoms with van der Waals surface area (Å²) in [7, 11) is -3.80. The molecule has 0 saturated carbocycles. The van der Waals surface area contributed by atoms with Crippen molar-refractivity contribution in [1.82, 2.24) is 29.1 Å². The molecule has 1 fully saturated rings. The van der Waals surface area contributed by atoms with Gasteiger partial charge in [-0.05, 0) is 51.0 Å². The van der Waals surface area contributed by atoms with E-state index in [0.29, 0.717) is 76.0 Å². The van der Waals surface area contributed by atoms with E-state index in [1.807, 2.05) is 16.5 Å². The van der Waals surface area contributed by atoms with Crippen LogP contribution >= 0.6 is 22.9 Å². The molecule has 0 radical (unpaired) electrons. The number of aromatic nitrogens is 4. The Bertz CT molecular complexity index is 2560. The third-order valence-corrected chi connectivity index (χ3v) is 10.9. The lowest BCUT2D eigenvalue weighted by Gasteiger charge is -2.39. The molecule has 1 aliphatic rings. The highest BCUT2D eigenvalue weighted by Crippen LogP contribution is 2.37. The van der Waals surface area contributed by atoms with Gasteiger partial charge in [-0.3, -0.25) is 24.0 Å². The van der Waals surface area contributed by atoms with Gasteiger partial charge in [-0.15, -0.1) is 11.3 Å². The molecule has 0 aliphatic carbocycles. The van der Waals surface area contributed by atoms with Crippen molar-refractivity contribution in [2.24, 2.45) is 0 Å². The van der Waals surface area contributed by atoms with E-state index in [0.717, 1.165) is 13.2 Å². The van der Waals surface area contributed by atoms with Crippen molar-refractivity contribution in [3.05, 3.63) is 79.9 Å². The molecule has 1 N–H and O–H groups in total. The molecule has 17 heteroatoms. The van der Waals surface area contributed by atoms with Gasteiger partial charge in [-0.25, -0.2) is 31.9 Å². The Morgan fingerprint density at radius 3 is 2.61 bits per heavy atom. The molecule has 5 heterocycles. The Labute approximate surface area is 319 Å². The number of alkyl halides is 2. The second kappa shape index (κ2) is 15.4. The monoisotopic (exact) mass is 792 g/mol. The van der Waals surface area contributed by atoms with Crippen LogP contribution in [0.3, 0.4) is 0 Å². The highest BCUT2D eigenvalue weighted by molar-refractivity contribution is 7.89. The lowest BCUT2D eigenvalue weighted by Crippen LogP contribution is -2.48. The molecule has 1 saturated heterocycles. The average Bonchev–Trinajstić information content (AvgIpc) is 3.55. The van der Waals surface area contributed by atoms with Crippen LogP contribution in [0.15, 0.2) is 46.8 Å². The molecule has 1 aromatic carbocycles. The minimum atomic E-state index is -3.80. The number of hydrogen-bond donors (Lipinski definition) is 1. The fourth-order valence-electron chi connectivity index (χ4n) is 6.77. The Morgan fingerprint density at radius 2 is 1.94 bits per heavy atom. The zero-order valence-electron chi connectivity index (χ0n) is 29.8. The van der Waals surface area contributed by atoms with Gasteiger partial charge in [0.15, 0.2) is 0 Å². The van der Waals surface area contributed by atoms with Crippen molar-refractivity contribution >= 4 is 65.8 Å². The van der Waals surface area contributed by atoms with Crippen LogP contribution in [0.5, 0.6) is 0 Å². The number of pyridine rings is 2. The van der Waals surface area contributed by atoms with E-state index in [1.54, 1.807) is 36.1 Å². The maximum absolute atomic E-state index is 14.1. The van der Waals surface area contributed by atoms with Crippen LogP contribution in [-0.4, -0.2) is 83.1 Å². The molecule has 4 aromatic heterocycles. The predicted octanol–water partition coefficient (Wildman–Crippen LogP) is 5.59. The largest absolute Gasteiger partial charge is 0.353 e. The molecule has 0 bridgehead atoms. The molecule has 1 amide bonds. The molecule has 280 valence electrons. The summed E-state index contributed by atoms with van der Waals surface area (Å²) in [5.41, 5.74) is 2.22. The summed E-state index contributed by atoms with van der Waals surface area (Å²) in [5.74, 6) is 3.35. The minimum absolute atomic E-state index is 0.0547. The zero-order valence-corrected chi connectivity index (χ0v) is 32.2. The number of rotatable bonds is 9. The quantitative estimate of drug-likeness (QED) is 0.187. The molecular weight excluding hydrogens is 758 g/mol. The first kappa shape index (κ1) is 38.7. The predicted molar refractivity (Wildman–Crippen MR) is 206 cm³/mol. The first-order valence-electron chi connectivity index (χ1n) is 16.9. The van der Waals surface area contributed by atoms with Crippen molar-refractivity contribution in [2.45, 2.75) is 52.1 Å². The van der Waals surface area contributed by atoms with Crippen LogP contribution in [0.2, 0.25) is 5.02 Å². The third kappa shape index (κ3) is 8.22. The maximum Gasteiger partial charge on any atom is 0.267 e. The number of nitrogens with zero attached hydrogens (tertiary/aromatic N) is 7. The van der Waals surface area contributed by atoms with Crippen molar-refractivity contribution in [3.8, 4) is 29.0 Å². The number of halogens is 3. The number of thiophene rings is 1. The highest BCUT2D eigenvalue weighted by Gasteiger charge is 2.32. The number of aryl methyl sites for hydroxylation is 1. The number of sulfonamides is 1. The lowest BCUT2D eigenvalue weighted by atomic mass is 10.00. The van der Waals surface area contributed by atoms with Crippen LogP contribution in [0.4, 0.5) is 14.6 Å². The van der Waals surface area contributed by atoms with Crippen molar-refractivity contribution in [1.29, 1.82) is 5.26 Å². The van der Waals surface area contributed by atoms with Gasteiger partial charge in [-0.1, -0.05) is 23.4 Å². The lowest BCUT2D eigenvalue weighted by molar-refractivity contribution is -0.0199. The van der Waals surface area contributed by atoms with Gasteiger partial charge < -0.3 is 4.90 Å². The summed E-state index contributed by atoms with van der Waals surface area (Å²) in [6.07, 6.45) is 5.09. The number of amides is 1. The third-order valence-electron chi connectivity index (χ3n) is 9.10. The number of piperidine rings is 1. The number of carbonyl (C=O) groups excluding carboxylic acids is 1. The minimum Gasteiger partial charge on any atom is -0.353 e. The van der Waals surface area contributed by atoms with Crippen molar-refractivity contribution in [3.63, 3.8) is 0 Å². The Kier molecular flexibility index (Phi) is 11.0. The summed E-state index contributed by atoms with van der Waals surface area (Å²) in [6, 6.07) is 9.02. The number of carbonyl (C=O) groups is 1. The number of benzene rings is 1. The van der Waals surface area contributed by atoms with E-state index in [4.69, 9.17) is 11.6 Å². The second-order valence-electron chi connectivity index (χ2n) is 13.1. The van der Waals surface area contributed by atoms with Gasteiger partial charge >= 0.3 is 0 Å². The van der Waals surface area contributed by atoms with Crippen LogP contribution in [-0.2, 0) is 16.6 Å². The molecule has 54 heavy (non-hydrogen) atoms. The van der Waals surface area contributed by atoms with Gasteiger partial charge in [0.1, 0.15) is 23.3 Å². The number of fused-ring (bicyclic) bond motifs is 2. The van der Waals surface area contributed by atoms with E-state index in [-0.39, 0.29) is 41.2 Å². The highest BCUT2D eigenvalue weighted by atomic mass is 35.5. The first-order chi connectivity index (χ1) is 25.6. The molecular formula is C37H35ClF2N8O4S2. The van der Waals surface area contributed by atoms with Crippen LogP contribution < -0.4 is 15.2 Å². The number of nitriles is 1. The van der Waals surface area contributed by atoms with Crippen LogP contribution in [0, 0.1) is 30.1 Å². The molecule has 5 aromatic rings. The molecule has 0 spiro atoms. The normalized spacial score (nSPS) is 14.1. The summed E-state index contributed by atoms with van der Waals surface area (Å²) >= 11 is 7.64. The van der Waals surface area contributed by atoms with E-state index in [2.05, 4.69) is 32.9 Å². The van der Waals surface area contributed by atoms with Crippen molar-refractivity contribution < 1.29 is 22.0 Å². The van der Waals surface area contributed by atoms with Crippen molar-refractivity contribution in [2.75, 3.05) is 37.3 Å². The van der Waals surface area contributed by atoms with E-state index in [1.165, 1.54) is 33.7 Å². The van der Waals surface area contributed by atoms with Gasteiger partial charge in [0.25, 0.3) is 17.4 Å². The summed E-state index contributed by atoms with van der Waals surface area (Å²) in [6.45, 7) is 5.59.